The van der Waals surface area contributed by atoms with Gasteiger partial charge in [-0.3, -0.25) is 0 Å². The van der Waals surface area contributed by atoms with Crippen LogP contribution < -0.4 is 0 Å². The third-order valence-electron chi connectivity index (χ3n) is 9.46. The van der Waals surface area contributed by atoms with Crippen LogP contribution in [0.2, 0.25) is 0 Å². The summed E-state index contributed by atoms with van der Waals surface area (Å²) in [5.74, 6) is -0.283. The Kier molecular flexibility index (Phi) is 10.2. The molecule has 7 heteroatoms. The van der Waals surface area contributed by atoms with Gasteiger partial charge in [0, 0.05) is 23.7 Å². The van der Waals surface area contributed by atoms with E-state index in [1.165, 1.54) is 0 Å². The fraction of sp³-hybridized carbons (Fsp3) is 1.00. The third-order valence-corrected chi connectivity index (χ3v) is 9.46. The van der Waals surface area contributed by atoms with E-state index in [-0.39, 0.29) is 48.7 Å². The van der Waals surface area contributed by atoms with E-state index in [9.17, 15) is 20.4 Å². The molecule has 10 unspecified atom stereocenters. The summed E-state index contributed by atoms with van der Waals surface area (Å²) in [6.45, 7) is 16.0. The molecule has 0 aliphatic carbocycles. The smallest absolute Gasteiger partial charge is 0.161 e. The fourth-order valence-corrected chi connectivity index (χ4v) is 6.63. The summed E-state index contributed by atoms with van der Waals surface area (Å²) in [7, 11) is 0. The summed E-state index contributed by atoms with van der Waals surface area (Å²) in [4.78, 5) is 0. The van der Waals surface area contributed by atoms with E-state index in [4.69, 9.17) is 14.2 Å². The van der Waals surface area contributed by atoms with Gasteiger partial charge in [0.2, 0.25) is 0 Å². The van der Waals surface area contributed by atoms with Gasteiger partial charge in [0.15, 0.2) is 12.6 Å². The maximum atomic E-state index is 11.3. The van der Waals surface area contributed by atoms with Crippen LogP contribution >= 0.6 is 0 Å². The first-order valence-corrected chi connectivity index (χ1v) is 13.1. The van der Waals surface area contributed by atoms with Gasteiger partial charge in [0.05, 0.1) is 36.6 Å². The molecule has 2 rings (SSSR count). The van der Waals surface area contributed by atoms with Gasteiger partial charge in [-0.05, 0) is 37.5 Å². The largest absolute Gasteiger partial charge is 0.394 e. The zero-order valence-corrected chi connectivity index (χ0v) is 22.0. The Labute approximate surface area is 200 Å². The molecule has 0 bridgehead atoms. The maximum absolute atomic E-state index is 11.3. The van der Waals surface area contributed by atoms with Gasteiger partial charge in [0.1, 0.15) is 0 Å². The average molecular weight is 475 g/mol. The first-order chi connectivity index (χ1) is 15.5. The molecule has 0 aromatic carbocycles. The molecule has 0 saturated carbocycles. The summed E-state index contributed by atoms with van der Waals surface area (Å²) in [6.07, 6.45) is 0.0670. The van der Waals surface area contributed by atoms with Crippen LogP contribution in [0.25, 0.3) is 0 Å². The second-order valence-corrected chi connectivity index (χ2v) is 10.7. The van der Waals surface area contributed by atoms with Crippen molar-refractivity contribution in [3.63, 3.8) is 0 Å². The first kappa shape index (κ1) is 29.0. The number of aliphatic hydroxyl groups is 4. The van der Waals surface area contributed by atoms with Crippen LogP contribution in [-0.2, 0) is 14.2 Å². The highest BCUT2D eigenvalue weighted by molar-refractivity contribution is 5.00. The van der Waals surface area contributed by atoms with Crippen LogP contribution in [0.3, 0.4) is 0 Å². The highest BCUT2D eigenvalue weighted by Crippen LogP contribution is 2.49. The molecule has 10 atom stereocenters. The monoisotopic (exact) mass is 474 g/mol. The zero-order chi connectivity index (χ0) is 25.1. The molecule has 7 nitrogen and oxygen atoms in total. The molecule has 2 heterocycles. The lowest BCUT2D eigenvalue weighted by atomic mass is 9.66. The van der Waals surface area contributed by atoms with E-state index in [1.807, 2.05) is 20.8 Å². The molecule has 33 heavy (non-hydrogen) atoms. The SMILES string of the molecule is CCC(O)(CC)C1C(CO)OC(OC(CC)(CC)C2C(CO)OC(O)C(C)C2C)C(C)C1C. The topological polar surface area (TPSA) is 109 Å². The van der Waals surface area contributed by atoms with Crippen LogP contribution in [0.4, 0.5) is 0 Å². The predicted molar refractivity (Wildman–Crippen MR) is 127 cm³/mol. The van der Waals surface area contributed by atoms with Crippen molar-refractivity contribution in [2.45, 2.75) is 117 Å². The summed E-state index contributed by atoms with van der Waals surface area (Å²) in [5, 5.41) is 42.0. The second-order valence-electron chi connectivity index (χ2n) is 10.7. The molecule has 2 aliphatic heterocycles. The molecule has 0 spiro atoms. The molecule has 0 aromatic rings. The quantitative estimate of drug-likeness (QED) is 0.385. The zero-order valence-electron chi connectivity index (χ0n) is 22.0. The van der Waals surface area contributed by atoms with Gasteiger partial charge in [-0.15, -0.1) is 0 Å². The molecule has 0 radical (unpaired) electrons. The van der Waals surface area contributed by atoms with Gasteiger partial charge < -0.3 is 34.6 Å². The van der Waals surface area contributed by atoms with Crippen molar-refractivity contribution in [3.8, 4) is 0 Å². The van der Waals surface area contributed by atoms with Gasteiger partial charge >= 0.3 is 0 Å². The lowest BCUT2D eigenvalue weighted by Crippen LogP contribution is -2.62. The predicted octanol–water partition coefficient (Wildman–Crippen LogP) is 3.32. The van der Waals surface area contributed by atoms with Crippen LogP contribution in [-0.4, -0.2) is 69.6 Å². The van der Waals surface area contributed by atoms with Crippen LogP contribution in [0.15, 0.2) is 0 Å². The number of hydrogen-bond acceptors (Lipinski definition) is 7. The van der Waals surface area contributed by atoms with Crippen LogP contribution in [0.1, 0.15) is 81.1 Å². The minimum absolute atomic E-state index is 0.00435. The fourth-order valence-electron chi connectivity index (χ4n) is 6.63. The molecular formula is C26H50O7. The van der Waals surface area contributed by atoms with Gasteiger partial charge in [-0.25, -0.2) is 0 Å². The van der Waals surface area contributed by atoms with E-state index in [1.54, 1.807) is 0 Å². The van der Waals surface area contributed by atoms with Crippen molar-refractivity contribution in [1.29, 1.82) is 0 Å². The van der Waals surface area contributed by atoms with E-state index in [0.29, 0.717) is 25.7 Å². The summed E-state index contributed by atoms with van der Waals surface area (Å²) >= 11 is 0. The maximum Gasteiger partial charge on any atom is 0.161 e. The van der Waals surface area contributed by atoms with Crippen molar-refractivity contribution < 1.29 is 34.6 Å². The van der Waals surface area contributed by atoms with Crippen LogP contribution in [0.5, 0.6) is 0 Å². The molecule has 2 aliphatic rings. The first-order valence-electron chi connectivity index (χ1n) is 13.1. The Balaban J connectivity index is 2.39. The highest BCUT2D eigenvalue weighted by Gasteiger charge is 2.55. The van der Waals surface area contributed by atoms with E-state index in [2.05, 4.69) is 34.6 Å². The van der Waals surface area contributed by atoms with Crippen molar-refractivity contribution in [1.82, 2.24) is 0 Å². The van der Waals surface area contributed by atoms with Crippen molar-refractivity contribution in [3.05, 3.63) is 0 Å². The Morgan fingerprint density at radius 3 is 1.64 bits per heavy atom. The average Bonchev–Trinajstić information content (AvgIpc) is 2.83. The minimum atomic E-state index is -0.912. The van der Waals surface area contributed by atoms with Crippen molar-refractivity contribution >= 4 is 0 Å². The minimum Gasteiger partial charge on any atom is -0.394 e. The van der Waals surface area contributed by atoms with Crippen molar-refractivity contribution in [2.75, 3.05) is 13.2 Å². The summed E-state index contributed by atoms with van der Waals surface area (Å²) < 4.78 is 19.1. The molecule has 2 saturated heterocycles. The molecule has 2 fully saturated rings. The number of aliphatic hydroxyl groups excluding tert-OH is 3. The third kappa shape index (κ3) is 5.30. The Bertz CT molecular complexity index is 587. The van der Waals surface area contributed by atoms with E-state index >= 15 is 0 Å². The van der Waals surface area contributed by atoms with Gasteiger partial charge in [0.25, 0.3) is 0 Å². The van der Waals surface area contributed by atoms with Gasteiger partial charge in [-0.1, -0.05) is 55.4 Å². The Hall–Kier alpha value is -0.280. The van der Waals surface area contributed by atoms with Crippen molar-refractivity contribution in [2.24, 2.45) is 35.5 Å². The number of hydrogen-bond donors (Lipinski definition) is 4. The normalized spacial score (nSPS) is 40.7. The summed E-state index contributed by atoms with van der Waals surface area (Å²) in [6, 6.07) is 0. The Morgan fingerprint density at radius 2 is 1.18 bits per heavy atom. The molecule has 0 amide bonds. The molecule has 4 N–H and O–H groups in total. The second kappa shape index (κ2) is 11.6. The number of ether oxygens (including phenoxy) is 3. The standard InChI is InChI=1S/C26H50O7/c1-9-25(30,10-2)21-16(6)18(8)24(32-19(21)13-27)33-26(11-3,12-4)22-15(5)17(7)23(29)31-20(22)14-28/h15-24,27-30H,9-14H2,1-8H3. The lowest BCUT2D eigenvalue weighted by molar-refractivity contribution is -0.339. The molecular weight excluding hydrogens is 424 g/mol. The molecule has 196 valence electrons. The van der Waals surface area contributed by atoms with Gasteiger partial charge in [-0.2, -0.15) is 0 Å². The van der Waals surface area contributed by atoms with E-state index in [0.717, 1.165) is 0 Å². The Morgan fingerprint density at radius 1 is 0.697 bits per heavy atom. The molecule has 0 aromatic heterocycles. The van der Waals surface area contributed by atoms with Crippen LogP contribution in [0, 0.1) is 35.5 Å². The highest BCUT2D eigenvalue weighted by atomic mass is 16.7. The summed E-state index contributed by atoms with van der Waals surface area (Å²) in [5.41, 5.74) is -1.53. The van der Waals surface area contributed by atoms with E-state index < -0.39 is 36.0 Å². The number of rotatable bonds is 10. The lowest BCUT2D eigenvalue weighted by Gasteiger charge is -2.55.